The molecule has 2 rings (SSSR count). The van der Waals surface area contributed by atoms with Crippen molar-refractivity contribution < 1.29 is 4.39 Å². The Kier molecular flexibility index (Phi) is 4.20. The zero-order chi connectivity index (χ0) is 13.3. The molecule has 1 unspecified atom stereocenters. The van der Waals surface area contributed by atoms with E-state index in [2.05, 4.69) is 41.2 Å². The Morgan fingerprint density at radius 2 is 2.00 bits per heavy atom. The molecule has 2 aromatic rings. The molecule has 0 amide bonds. The molecule has 0 spiro atoms. The normalized spacial score (nSPS) is 12.7. The zero-order valence-corrected chi connectivity index (χ0v) is 13.0. The Morgan fingerprint density at radius 1 is 1.28 bits per heavy atom. The fraction of sp³-hybridized carbons (Fsp3) is 0.286. The highest BCUT2D eigenvalue weighted by molar-refractivity contribution is 9.10. The fourth-order valence-corrected chi connectivity index (χ4v) is 3.50. The molecule has 0 saturated carbocycles. The molecule has 1 N–H and O–H groups in total. The standard InChI is InChI=1S/C14H15BrFNS/c1-8-7-11(9(2)18-8)14(17-3)10-5-4-6-12(15)13(10)16/h4-7,14,17H,1-3H3. The van der Waals surface area contributed by atoms with Crippen LogP contribution in [0, 0.1) is 19.7 Å². The van der Waals surface area contributed by atoms with Gasteiger partial charge < -0.3 is 5.32 Å². The van der Waals surface area contributed by atoms with Crippen LogP contribution in [0.1, 0.15) is 26.9 Å². The summed E-state index contributed by atoms with van der Waals surface area (Å²) in [5.74, 6) is -0.194. The maximum Gasteiger partial charge on any atom is 0.142 e. The van der Waals surface area contributed by atoms with Gasteiger partial charge in [0.1, 0.15) is 5.82 Å². The Labute approximate surface area is 119 Å². The van der Waals surface area contributed by atoms with Gasteiger partial charge in [0.05, 0.1) is 10.5 Å². The van der Waals surface area contributed by atoms with Crippen molar-refractivity contribution in [3.05, 3.63) is 55.4 Å². The maximum absolute atomic E-state index is 14.2. The quantitative estimate of drug-likeness (QED) is 0.870. The van der Waals surface area contributed by atoms with E-state index in [1.54, 1.807) is 17.4 Å². The molecular formula is C14H15BrFNS. The molecule has 0 aliphatic heterocycles. The van der Waals surface area contributed by atoms with Gasteiger partial charge in [-0.25, -0.2) is 4.39 Å². The maximum atomic E-state index is 14.2. The number of hydrogen-bond acceptors (Lipinski definition) is 2. The van der Waals surface area contributed by atoms with Gasteiger partial charge in [-0.3, -0.25) is 0 Å². The molecule has 0 aliphatic rings. The van der Waals surface area contributed by atoms with Crippen molar-refractivity contribution >= 4 is 27.3 Å². The van der Waals surface area contributed by atoms with Gasteiger partial charge in [-0.1, -0.05) is 12.1 Å². The van der Waals surface area contributed by atoms with E-state index in [-0.39, 0.29) is 11.9 Å². The Bertz CT molecular complexity index is 565. The van der Waals surface area contributed by atoms with Crippen LogP contribution in [0.25, 0.3) is 0 Å². The highest BCUT2D eigenvalue weighted by Gasteiger charge is 2.20. The lowest BCUT2D eigenvalue weighted by atomic mass is 9.99. The Morgan fingerprint density at radius 3 is 2.56 bits per heavy atom. The van der Waals surface area contributed by atoms with Crippen LogP contribution in [-0.4, -0.2) is 7.05 Å². The molecule has 0 bridgehead atoms. The smallest absolute Gasteiger partial charge is 0.142 e. The molecule has 1 nitrogen and oxygen atoms in total. The summed E-state index contributed by atoms with van der Waals surface area (Å²) in [6, 6.07) is 7.43. The lowest BCUT2D eigenvalue weighted by Gasteiger charge is -2.18. The van der Waals surface area contributed by atoms with Crippen LogP contribution in [-0.2, 0) is 0 Å². The molecule has 1 heterocycles. The van der Waals surface area contributed by atoms with Gasteiger partial charge in [0.25, 0.3) is 0 Å². The summed E-state index contributed by atoms with van der Waals surface area (Å²) in [5.41, 5.74) is 1.82. The predicted octanol–water partition coefficient (Wildman–Crippen LogP) is 4.58. The average molecular weight is 328 g/mol. The van der Waals surface area contributed by atoms with Crippen molar-refractivity contribution in [1.82, 2.24) is 5.32 Å². The summed E-state index contributed by atoms with van der Waals surface area (Å²) in [6.45, 7) is 4.15. The number of rotatable bonds is 3. The van der Waals surface area contributed by atoms with Crippen LogP contribution in [0.2, 0.25) is 0 Å². The summed E-state index contributed by atoms with van der Waals surface area (Å²) in [5, 5.41) is 3.20. The summed E-state index contributed by atoms with van der Waals surface area (Å²) >= 11 is 4.98. The second-order valence-corrected chi connectivity index (χ2v) is 6.55. The zero-order valence-electron chi connectivity index (χ0n) is 10.6. The first-order valence-corrected chi connectivity index (χ1v) is 7.33. The molecule has 18 heavy (non-hydrogen) atoms. The van der Waals surface area contributed by atoms with Gasteiger partial charge in [0.2, 0.25) is 0 Å². The molecule has 1 aromatic heterocycles. The number of hydrogen-bond donors (Lipinski definition) is 1. The third-order valence-electron chi connectivity index (χ3n) is 2.97. The SMILES string of the molecule is CNC(c1cc(C)sc1C)c1cccc(Br)c1F. The van der Waals surface area contributed by atoms with Crippen molar-refractivity contribution in [2.75, 3.05) is 7.05 Å². The van der Waals surface area contributed by atoms with Gasteiger partial charge in [-0.15, -0.1) is 11.3 Å². The van der Waals surface area contributed by atoms with E-state index in [1.165, 1.54) is 9.75 Å². The first-order chi connectivity index (χ1) is 8.54. The molecule has 4 heteroatoms. The first-order valence-electron chi connectivity index (χ1n) is 5.72. The van der Waals surface area contributed by atoms with Crippen LogP contribution in [0.5, 0.6) is 0 Å². The van der Waals surface area contributed by atoms with Crippen molar-refractivity contribution in [1.29, 1.82) is 0 Å². The highest BCUT2D eigenvalue weighted by atomic mass is 79.9. The van der Waals surface area contributed by atoms with E-state index in [9.17, 15) is 4.39 Å². The minimum atomic E-state index is -0.194. The van der Waals surface area contributed by atoms with E-state index in [1.807, 2.05) is 19.2 Å². The molecule has 96 valence electrons. The summed E-state index contributed by atoms with van der Waals surface area (Å²) < 4.78 is 14.7. The molecule has 0 radical (unpaired) electrons. The second-order valence-electron chi connectivity index (χ2n) is 4.23. The van der Waals surface area contributed by atoms with E-state index >= 15 is 0 Å². The molecule has 0 aliphatic carbocycles. The van der Waals surface area contributed by atoms with Crippen LogP contribution >= 0.6 is 27.3 Å². The second kappa shape index (κ2) is 5.51. The summed E-state index contributed by atoms with van der Waals surface area (Å²) in [4.78, 5) is 2.48. The number of aryl methyl sites for hydroxylation is 2. The number of thiophene rings is 1. The topological polar surface area (TPSA) is 12.0 Å². The van der Waals surface area contributed by atoms with Crippen molar-refractivity contribution in [2.24, 2.45) is 0 Å². The van der Waals surface area contributed by atoms with E-state index in [0.717, 1.165) is 5.56 Å². The van der Waals surface area contributed by atoms with Gasteiger partial charge in [-0.05, 0) is 54.5 Å². The van der Waals surface area contributed by atoms with Crippen LogP contribution in [0.15, 0.2) is 28.7 Å². The van der Waals surface area contributed by atoms with Gasteiger partial charge in [-0.2, -0.15) is 0 Å². The summed E-state index contributed by atoms with van der Waals surface area (Å²) in [6.07, 6.45) is 0. The molecule has 0 saturated heterocycles. The number of halogens is 2. The lowest BCUT2D eigenvalue weighted by molar-refractivity contribution is 0.571. The third kappa shape index (κ3) is 2.51. The molecule has 1 atom stereocenters. The van der Waals surface area contributed by atoms with Crippen molar-refractivity contribution in [2.45, 2.75) is 19.9 Å². The number of benzene rings is 1. The van der Waals surface area contributed by atoms with Crippen molar-refractivity contribution in [3.63, 3.8) is 0 Å². The highest BCUT2D eigenvalue weighted by Crippen LogP contribution is 2.33. The molecular weight excluding hydrogens is 313 g/mol. The Hall–Kier alpha value is -0.710. The van der Waals surface area contributed by atoms with E-state index < -0.39 is 0 Å². The summed E-state index contributed by atoms with van der Waals surface area (Å²) in [7, 11) is 1.86. The Balaban J connectivity index is 2.52. The third-order valence-corrected chi connectivity index (χ3v) is 4.57. The van der Waals surface area contributed by atoms with Crippen LogP contribution in [0.3, 0.4) is 0 Å². The molecule has 0 fully saturated rings. The number of nitrogens with one attached hydrogen (secondary N) is 1. The molecule has 1 aromatic carbocycles. The monoisotopic (exact) mass is 327 g/mol. The first kappa shape index (κ1) is 13.7. The van der Waals surface area contributed by atoms with Crippen molar-refractivity contribution in [3.8, 4) is 0 Å². The van der Waals surface area contributed by atoms with E-state index in [4.69, 9.17) is 0 Å². The fourth-order valence-electron chi connectivity index (χ4n) is 2.16. The van der Waals surface area contributed by atoms with Gasteiger partial charge in [0.15, 0.2) is 0 Å². The van der Waals surface area contributed by atoms with Crippen LogP contribution < -0.4 is 5.32 Å². The minimum Gasteiger partial charge on any atom is -0.309 e. The minimum absolute atomic E-state index is 0.104. The average Bonchev–Trinajstić information content (AvgIpc) is 2.65. The van der Waals surface area contributed by atoms with Crippen LogP contribution in [0.4, 0.5) is 4.39 Å². The van der Waals surface area contributed by atoms with Gasteiger partial charge >= 0.3 is 0 Å². The lowest BCUT2D eigenvalue weighted by Crippen LogP contribution is -2.19. The van der Waals surface area contributed by atoms with Gasteiger partial charge in [0, 0.05) is 15.3 Å². The largest absolute Gasteiger partial charge is 0.309 e. The van der Waals surface area contributed by atoms with E-state index in [0.29, 0.717) is 10.0 Å². The predicted molar refractivity (Wildman–Crippen MR) is 78.8 cm³/mol.